The fraction of sp³-hybridized carbons (Fsp3) is 0.417. The van der Waals surface area contributed by atoms with E-state index in [0.29, 0.717) is 17.1 Å². The van der Waals surface area contributed by atoms with Gasteiger partial charge in [-0.3, -0.25) is 4.79 Å². The minimum Gasteiger partial charge on any atom is -0.321 e. The summed E-state index contributed by atoms with van der Waals surface area (Å²) in [6, 6.07) is 2.74. The van der Waals surface area contributed by atoms with Crippen molar-refractivity contribution in [2.45, 2.75) is 25.3 Å². The third-order valence-electron chi connectivity index (χ3n) is 2.63. The van der Waals surface area contributed by atoms with Gasteiger partial charge in [0.2, 0.25) is 5.91 Å². The van der Waals surface area contributed by atoms with E-state index in [0.717, 1.165) is 25.0 Å². The molecule has 1 aliphatic carbocycles. The van der Waals surface area contributed by atoms with Gasteiger partial charge < -0.3 is 10.6 Å². The highest BCUT2D eigenvalue weighted by atomic mass is 79.9. The van der Waals surface area contributed by atoms with Gasteiger partial charge in [-0.1, -0.05) is 15.9 Å². The summed E-state index contributed by atoms with van der Waals surface area (Å²) < 4.78 is 27.2. The molecule has 0 bridgehead atoms. The van der Waals surface area contributed by atoms with Crippen molar-refractivity contribution in [3.63, 3.8) is 0 Å². The maximum absolute atomic E-state index is 13.4. The van der Waals surface area contributed by atoms with Crippen LogP contribution >= 0.6 is 15.9 Å². The second-order valence-corrected chi connectivity index (χ2v) is 5.19. The third-order valence-corrected chi connectivity index (χ3v) is 3.09. The van der Waals surface area contributed by atoms with Crippen LogP contribution in [0.5, 0.6) is 0 Å². The molecule has 18 heavy (non-hydrogen) atoms. The summed E-state index contributed by atoms with van der Waals surface area (Å²) in [4.78, 5) is 11.5. The Morgan fingerprint density at radius 3 is 2.50 bits per heavy atom. The Bertz CT molecular complexity index is 440. The van der Waals surface area contributed by atoms with Gasteiger partial charge in [-0.15, -0.1) is 0 Å². The van der Waals surface area contributed by atoms with E-state index in [1.165, 1.54) is 0 Å². The fourth-order valence-electron chi connectivity index (χ4n) is 1.54. The number of carbonyl (C=O) groups excluding carboxylic acids is 1. The standard InChI is InChI=1S/C12H13BrF2N2O/c13-7-5-9(14)12(10(15)6-7)17-11(18)3-4-16-8-1-2-8/h5-6,8,16H,1-4H2,(H,17,18). The first-order chi connectivity index (χ1) is 8.56. The predicted molar refractivity (Wildman–Crippen MR) is 68.3 cm³/mol. The monoisotopic (exact) mass is 318 g/mol. The van der Waals surface area contributed by atoms with Crippen LogP contribution in [0.1, 0.15) is 19.3 Å². The zero-order valence-corrected chi connectivity index (χ0v) is 11.2. The molecule has 1 saturated carbocycles. The van der Waals surface area contributed by atoms with Gasteiger partial charge in [0.15, 0.2) is 11.6 Å². The van der Waals surface area contributed by atoms with Gasteiger partial charge in [0, 0.05) is 23.5 Å². The van der Waals surface area contributed by atoms with E-state index in [9.17, 15) is 13.6 Å². The quantitative estimate of drug-likeness (QED) is 0.876. The SMILES string of the molecule is O=C(CCNC1CC1)Nc1c(F)cc(Br)cc1F. The van der Waals surface area contributed by atoms with E-state index in [4.69, 9.17) is 0 Å². The molecule has 1 aromatic carbocycles. The normalized spacial score (nSPS) is 14.6. The Morgan fingerprint density at radius 1 is 1.33 bits per heavy atom. The van der Waals surface area contributed by atoms with Crippen molar-refractivity contribution in [3.05, 3.63) is 28.2 Å². The van der Waals surface area contributed by atoms with Crippen LogP contribution in [-0.4, -0.2) is 18.5 Å². The van der Waals surface area contributed by atoms with Gasteiger partial charge in [-0.05, 0) is 25.0 Å². The number of anilines is 1. The van der Waals surface area contributed by atoms with Crippen molar-refractivity contribution in [2.75, 3.05) is 11.9 Å². The van der Waals surface area contributed by atoms with Gasteiger partial charge in [0.1, 0.15) is 5.69 Å². The lowest BCUT2D eigenvalue weighted by Gasteiger charge is -2.08. The zero-order chi connectivity index (χ0) is 13.1. The van der Waals surface area contributed by atoms with E-state index < -0.39 is 23.2 Å². The largest absolute Gasteiger partial charge is 0.321 e. The zero-order valence-electron chi connectivity index (χ0n) is 9.60. The van der Waals surface area contributed by atoms with Crippen LogP contribution in [0.2, 0.25) is 0 Å². The molecule has 1 amide bonds. The Balaban J connectivity index is 1.89. The lowest BCUT2D eigenvalue weighted by atomic mass is 10.2. The summed E-state index contributed by atoms with van der Waals surface area (Å²) in [5, 5.41) is 5.41. The molecule has 3 nitrogen and oxygen atoms in total. The van der Waals surface area contributed by atoms with Gasteiger partial charge in [-0.2, -0.15) is 0 Å². The highest BCUT2D eigenvalue weighted by molar-refractivity contribution is 9.10. The van der Waals surface area contributed by atoms with Crippen molar-refractivity contribution < 1.29 is 13.6 Å². The Labute approximate surface area is 112 Å². The maximum Gasteiger partial charge on any atom is 0.225 e. The maximum atomic E-state index is 13.4. The Hall–Kier alpha value is -1.01. The average molecular weight is 319 g/mol. The van der Waals surface area contributed by atoms with Crippen LogP contribution in [0.15, 0.2) is 16.6 Å². The van der Waals surface area contributed by atoms with E-state index in [2.05, 4.69) is 26.6 Å². The summed E-state index contributed by atoms with van der Waals surface area (Å²) >= 11 is 2.98. The van der Waals surface area contributed by atoms with Crippen LogP contribution in [0, 0.1) is 11.6 Å². The van der Waals surface area contributed by atoms with Gasteiger partial charge in [0.25, 0.3) is 0 Å². The van der Waals surface area contributed by atoms with Crippen molar-refractivity contribution in [1.29, 1.82) is 0 Å². The van der Waals surface area contributed by atoms with E-state index >= 15 is 0 Å². The molecule has 0 spiro atoms. The highest BCUT2D eigenvalue weighted by Gasteiger charge is 2.20. The molecule has 2 rings (SSSR count). The summed E-state index contributed by atoms with van der Waals surface area (Å²) in [5.74, 6) is -1.97. The van der Waals surface area contributed by atoms with E-state index in [1.807, 2.05) is 0 Å². The molecule has 6 heteroatoms. The molecule has 0 radical (unpaired) electrons. The smallest absolute Gasteiger partial charge is 0.225 e. The number of rotatable bonds is 5. The van der Waals surface area contributed by atoms with Crippen LogP contribution in [0.25, 0.3) is 0 Å². The molecule has 0 saturated heterocycles. The molecular weight excluding hydrogens is 306 g/mol. The summed E-state index contributed by atoms with van der Waals surface area (Å²) in [6.45, 7) is 0.524. The molecule has 0 atom stereocenters. The number of halogens is 3. The third kappa shape index (κ3) is 3.74. The summed E-state index contributed by atoms with van der Waals surface area (Å²) in [6.07, 6.45) is 2.47. The summed E-state index contributed by atoms with van der Waals surface area (Å²) in [5.41, 5.74) is -0.394. The van der Waals surface area contributed by atoms with Crippen molar-refractivity contribution in [1.82, 2.24) is 5.32 Å². The van der Waals surface area contributed by atoms with Crippen LogP contribution in [-0.2, 0) is 4.79 Å². The molecule has 98 valence electrons. The van der Waals surface area contributed by atoms with E-state index in [-0.39, 0.29) is 6.42 Å². The number of carbonyl (C=O) groups is 1. The molecule has 1 aromatic rings. The molecule has 1 aliphatic rings. The lowest BCUT2D eigenvalue weighted by molar-refractivity contribution is -0.116. The Morgan fingerprint density at radius 2 is 1.94 bits per heavy atom. The Kier molecular flexibility index (Phi) is 4.29. The molecule has 0 aromatic heterocycles. The fourth-order valence-corrected chi connectivity index (χ4v) is 1.94. The topological polar surface area (TPSA) is 41.1 Å². The molecule has 0 aliphatic heterocycles. The van der Waals surface area contributed by atoms with Crippen LogP contribution in [0.4, 0.5) is 14.5 Å². The van der Waals surface area contributed by atoms with Crippen molar-refractivity contribution >= 4 is 27.5 Å². The van der Waals surface area contributed by atoms with Crippen LogP contribution < -0.4 is 10.6 Å². The number of hydrogen-bond donors (Lipinski definition) is 2. The van der Waals surface area contributed by atoms with Crippen molar-refractivity contribution in [2.24, 2.45) is 0 Å². The predicted octanol–water partition coefficient (Wildman–Crippen LogP) is 2.81. The minimum atomic E-state index is -0.787. The van der Waals surface area contributed by atoms with Gasteiger partial charge in [0.05, 0.1) is 0 Å². The first-order valence-corrected chi connectivity index (χ1v) is 6.53. The first kappa shape index (κ1) is 13.4. The molecular formula is C12H13BrF2N2O. The number of benzene rings is 1. The second kappa shape index (κ2) is 5.75. The number of hydrogen-bond acceptors (Lipinski definition) is 2. The second-order valence-electron chi connectivity index (χ2n) is 4.27. The first-order valence-electron chi connectivity index (χ1n) is 5.74. The summed E-state index contributed by atoms with van der Waals surface area (Å²) in [7, 11) is 0. The molecule has 2 N–H and O–H groups in total. The van der Waals surface area contributed by atoms with Gasteiger partial charge >= 0.3 is 0 Å². The average Bonchev–Trinajstić information content (AvgIpc) is 3.07. The molecule has 0 heterocycles. The lowest BCUT2D eigenvalue weighted by Crippen LogP contribution is -2.23. The van der Waals surface area contributed by atoms with E-state index in [1.54, 1.807) is 0 Å². The van der Waals surface area contributed by atoms with Crippen molar-refractivity contribution in [3.8, 4) is 0 Å². The van der Waals surface area contributed by atoms with Crippen LogP contribution in [0.3, 0.4) is 0 Å². The number of nitrogens with one attached hydrogen (secondary N) is 2. The molecule has 1 fully saturated rings. The number of amides is 1. The highest BCUT2D eigenvalue weighted by Crippen LogP contribution is 2.24. The van der Waals surface area contributed by atoms with Gasteiger partial charge in [-0.25, -0.2) is 8.78 Å². The minimum absolute atomic E-state index is 0.200. The molecule has 0 unspecified atom stereocenters.